The molecule has 0 saturated heterocycles. The number of rotatable bonds is 5. The number of carbonyl (C=O) groups is 1. The van der Waals surface area contributed by atoms with Gasteiger partial charge in [-0.3, -0.25) is 0 Å². The van der Waals surface area contributed by atoms with Gasteiger partial charge in [-0.05, 0) is 11.6 Å². The molecule has 2 aromatic carbocycles. The maximum atomic E-state index is 11.3. The van der Waals surface area contributed by atoms with Gasteiger partial charge in [0, 0.05) is 5.56 Å². The normalized spacial score (nSPS) is 9.85. The Morgan fingerprint density at radius 2 is 1.70 bits per heavy atom. The lowest BCUT2D eigenvalue weighted by molar-refractivity contribution is -0.136. The molecule has 2 aromatic rings. The molecule has 0 fully saturated rings. The van der Waals surface area contributed by atoms with Gasteiger partial charge in [-0.25, -0.2) is 4.79 Å². The molecule has 3 heteroatoms. The van der Waals surface area contributed by atoms with E-state index < -0.39 is 5.97 Å². The predicted octanol–water partition coefficient (Wildman–Crippen LogP) is 3.46. The first kappa shape index (κ1) is 13.9. The maximum Gasteiger partial charge on any atom is 0.336 e. The van der Waals surface area contributed by atoms with Crippen molar-refractivity contribution in [3.05, 3.63) is 66.7 Å². The lowest BCUT2D eigenvalue weighted by Gasteiger charge is -2.12. The van der Waals surface area contributed by atoms with E-state index in [2.05, 4.69) is 11.3 Å². The Morgan fingerprint density at radius 1 is 1.05 bits per heavy atom. The van der Waals surface area contributed by atoms with E-state index in [9.17, 15) is 4.79 Å². The van der Waals surface area contributed by atoms with Gasteiger partial charge in [0.1, 0.15) is 12.4 Å². The Hall–Kier alpha value is -2.55. The topological polar surface area (TPSA) is 35.5 Å². The lowest BCUT2D eigenvalue weighted by Crippen LogP contribution is -2.11. The molecule has 102 valence electrons. The molecule has 0 amide bonds. The zero-order valence-corrected chi connectivity index (χ0v) is 11.3. The maximum absolute atomic E-state index is 11.3. The predicted molar refractivity (Wildman–Crippen MR) is 78.5 cm³/mol. The molecule has 0 aliphatic carbocycles. The molecular weight excluding hydrogens is 252 g/mol. The Morgan fingerprint density at radius 3 is 2.40 bits per heavy atom. The van der Waals surface area contributed by atoms with Crippen molar-refractivity contribution >= 4 is 5.97 Å². The summed E-state index contributed by atoms with van der Waals surface area (Å²) in [5.74, 6) is 0.256. The molecular formula is C17H16O3. The van der Waals surface area contributed by atoms with Crippen LogP contribution in [0.3, 0.4) is 0 Å². The number of hydrogen-bond donors (Lipinski definition) is 0. The van der Waals surface area contributed by atoms with Crippen LogP contribution in [0.25, 0.3) is 11.1 Å². The van der Waals surface area contributed by atoms with Crippen molar-refractivity contribution in [2.45, 2.75) is 0 Å². The summed E-state index contributed by atoms with van der Waals surface area (Å²) in [4.78, 5) is 11.3. The summed E-state index contributed by atoms with van der Waals surface area (Å²) in [6.45, 7) is 3.75. The van der Waals surface area contributed by atoms with Crippen molar-refractivity contribution in [2.24, 2.45) is 0 Å². The summed E-state index contributed by atoms with van der Waals surface area (Å²) in [6.07, 6.45) is 0. The second kappa shape index (κ2) is 6.57. The highest BCUT2D eigenvalue weighted by Gasteiger charge is 2.10. The quantitative estimate of drug-likeness (QED) is 0.615. The van der Waals surface area contributed by atoms with Gasteiger partial charge < -0.3 is 9.47 Å². The summed E-state index contributed by atoms with van der Waals surface area (Å²) in [5, 5.41) is 0. The van der Waals surface area contributed by atoms with Crippen LogP contribution in [0.5, 0.6) is 5.75 Å². The summed E-state index contributed by atoms with van der Waals surface area (Å²) in [5.41, 5.74) is 2.33. The molecule has 20 heavy (non-hydrogen) atoms. The van der Waals surface area contributed by atoms with Crippen molar-refractivity contribution < 1.29 is 14.3 Å². The van der Waals surface area contributed by atoms with Crippen LogP contribution < -0.4 is 4.74 Å². The third kappa shape index (κ3) is 3.26. The standard InChI is InChI=1S/C17H16O3/c1-13(17(18)19-2)12-20-16-11-7-6-10-15(16)14-8-4-3-5-9-14/h3-11H,1,12H2,2H3. The largest absolute Gasteiger partial charge is 0.488 e. The second-order valence-corrected chi connectivity index (χ2v) is 4.25. The third-order valence-corrected chi connectivity index (χ3v) is 2.85. The van der Waals surface area contributed by atoms with Crippen molar-refractivity contribution in [2.75, 3.05) is 13.7 Å². The summed E-state index contributed by atoms with van der Waals surface area (Å²) in [7, 11) is 1.32. The minimum atomic E-state index is -0.456. The number of benzene rings is 2. The van der Waals surface area contributed by atoms with Crippen LogP contribution in [0.2, 0.25) is 0 Å². The molecule has 0 bridgehead atoms. The van der Waals surface area contributed by atoms with Crippen molar-refractivity contribution in [1.29, 1.82) is 0 Å². The van der Waals surface area contributed by atoms with Crippen LogP contribution in [-0.2, 0) is 9.53 Å². The van der Waals surface area contributed by atoms with Crippen LogP contribution in [0.4, 0.5) is 0 Å². The van der Waals surface area contributed by atoms with Crippen LogP contribution in [0.15, 0.2) is 66.7 Å². The average Bonchev–Trinajstić information content (AvgIpc) is 2.53. The first-order chi connectivity index (χ1) is 9.72. The van der Waals surface area contributed by atoms with Gasteiger partial charge in [0.15, 0.2) is 0 Å². The van der Waals surface area contributed by atoms with Crippen LogP contribution >= 0.6 is 0 Å². The molecule has 3 nitrogen and oxygen atoms in total. The summed E-state index contributed by atoms with van der Waals surface area (Å²) in [6, 6.07) is 17.6. The van der Waals surface area contributed by atoms with E-state index in [1.54, 1.807) is 0 Å². The molecule has 0 aliphatic heterocycles. The fourth-order valence-electron chi connectivity index (χ4n) is 1.82. The number of para-hydroxylation sites is 1. The van der Waals surface area contributed by atoms with Gasteiger partial charge >= 0.3 is 5.97 Å². The van der Waals surface area contributed by atoms with Crippen molar-refractivity contribution in [1.82, 2.24) is 0 Å². The Balaban J connectivity index is 2.17. The smallest absolute Gasteiger partial charge is 0.336 e. The van der Waals surface area contributed by atoms with Crippen molar-refractivity contribution in [3.63, 3.8) is 0 Å². The third-order valence-electron chi connectivity index (χ3n) is 2.85. The minimum Gasteiger partial charge on any atom is -0.488 e. The SMILES string of the molecule is C=C(COc1ccccc1-c1ccccc1)C(=O)OC. The summed E-state index contributed by atoms with van der Waals surface area (Å²) < 4.78 is 10.3. The van der Waals surface area contributed by atoms with E-state index in [0.717, 1.165) is 11.1 Å². The van der Waals surface area contributed by atoms with Crippen LogP contribution in [0, 0.1) is 0 Å². The van der Waals surface area contributed by atoms with Crippen LogP contribution in [0.1, 0.15) is 0 Å². The fourth-order valence-corrected chi connectivity index (χ4v) is 1.82. The van der Waals surface area contributed by atoms with E-state index in [4.69, 9.17) is 4.74 Å². The number of hydrogen-bond acceptors (Lipinski definition) is 3. The van der Waals surface area contributed by atoms with Gasteiger partial charge in [-0.1, -0.05) is 55.1 Å². The molecule has 0 heterocycles. The van der Waals surface area contributed by atoms with Crippen molar-refractivity contribution in [3.8, 4) is 16.9 Å². The zero-order chi connectivity index (χ0) is 14.4. The Kier molecular flexibility index (Phi) is 4.56. The number of ether oxygens (including phenoxy) is 2. The molecule has 2 rings (SSSR count). The number of esters is 1. The number of methoxy groups -OCH3 is 1. The van der Waals surface area contributed by atoms with E-state index in [1.807, 2.05) is 54.6 Å². The highest BCUT2D eigenvalue weighted by Crippen LogP contribution is 2.29. The molecule has 0 saturated carbocycles. The zero-order valence-electron chi connectivity index (χ0n) is 11.3. The first-order valence-electron chi connectivity index (χ1n) is 6.25. The highest BCUT2D eigenvalue weighted by atomic mass is 16.5. The molecule has 0 atom stereocenters. The van der Waals surface area contributed by atoms with Crippen LogP contribution in [-0.4, -0.2) is 19.7 Å². The van der Waals surface area contributed by atoms with Gasteiger partial charge in [0.2, 0.25) is 0 Å². The molecule has 0 unspecified atom stereocenters. The molecule has 0 N–H and O–H groups in total. The summed E-state index contributed by atoms with van der Waals surface area (Å²) >= 11 is 0. The van der Waals surface area contributed by atoms with Gasteiger partial charge in [-0.15, -0.1) is 0 Å². The van der Waals surface area contributed by atoms with E-state index in [-0.39, 0.29) is 12.2 Å². The monoisotopic (exact) mass is 268 g/mol. The van der Waals surface area contributed by atoms with E-state index >= 15 is 0 Å². The van der Waals surface area contributed by atoms with E-state index in [1.165, 1.54) is 7.11 Å². The molecule has 0 aliphatic rings. The average molecular weight is 268 g/mol. The Bertz CT molecular complexity index is 603. The van der Waals surface area contributed by atoms with Gasteiger partial charge in [0.25, 0.3) is 0 Å². The molecule has 0 aromatic heterocycles. The highest BCUT2D eigenvalue weighted by molar-refractivity contribution is 5.88. The van der Waals surface area contributed by atoms with Gasteiger partial charge in [-0.2, -0.15) is 0 Å². The Labute approximate surface area is 118 Å². The first-order valence-corrected chi connectivity index (χ1v) is 6.25. The molecule has 0 spiro atoms. The van der Waals surface area contributed by atoms with E-state index in [0.29, 0.717) is 5.75 Å². The lowest BCUT2D eigenvalue weighted by atomic mass is 10.1. The fraction of sp³-hybridized carbons (Fsp3) is 0.118. The molecule has 0 radical (unpaired) electrons. The van der Waals surface area contributed by atoms with Gasteiger partial charge in [0.05, 0.1) is 12.7 Å². The number of carbonyl (C=O) groups excluding carboxylic acids is 1. The second-order valence-electron chi connectivity index (χ2n) is 4.25. The minimum absolute atomic E-state index is 0.108.